The Hall–Kier alpha value is -1.62. The number of nitrogens with zero attached hydrogens (tertiary/aromatic N) is 1. The molecule has 0 aliphatic carbocycles. The molecular formula is C14H21N3O2. The summed E-state index contributed by atoms with van der Waals surface area (Å²) in [7, 11) is 0. The van der Waals surface area contributed by atoms with Crippen LogP contribution in [0.3, 0.4) is 0 Å². The zero-order valence-electron chi connectivity index (χ0n) is 11.3. The number of carbonyl (C=O) groups excluding carboxylic acids is 1. The van der Waals surface area contributed by atoms with Crippen LogP contribution in [0, 0.1) is 0 Å². The SMILES string of the molecule is CCCNc1cc(C(=O)NC2CCOCC2)ccn1. The van der Waals surface area contributed by atoms with E-state index in [2.05, 4.69) is 22.5 Å². The average molecular weight is 263 g/mol. The van der Waals surface area contributed by atoms with Crippen LogP contribution in [0.2, 0.25) is 0 Å². The maximum Gasteiger partial charge on any atom is 0.251 e. The molecule has 104 valence electrons. The highest BCUT2D eigenvalue weighted by Crippen LogP contribution is 2.10. The van der Waals surface area contributed by atoms with Gasteiger partial charge in [-0.15, -0.1) is 0 Å². The number of pyridine rings is 1. The van der Waals surface area contributed by atoms with E-state index in [1.165, 1.54) is 0 Å². The van der Waals surface area contributed by atoms with E-state index in [1.807, 2.05) is 0 Å². The fourth-order valence-corrected chi connectivity index (χ4v) is 2.03. The molecule has 1 aliphatic heterocycles. The van der Waals surface area contributed by atoms with Crippen LogP contribution in [0.1, 0.15) is 36.5 Å². The van der Waals surface area contributed by atoms with Crippen LogP contribution in [0.4, 0.5) is 5.82 Å². The number of anilines is 1. The Labute approximate surface area is 113 Å². The maximum atomic E-state index is 12.1. The predicted octanol–water partition coefficient (Wildman–Crippen LogP) is 1.81. The van der Waals surface area contributed by atoms with Gasteiger partial charge in [0.25, 0.3) is 5.91 Å². The third kappa shape index (κ3) is 4.21. The quantitative estimate of drug-likeness (QED) is 0.850. The Morgan fingerprint density at radius 3 is 3.00 bits per heavy atom. The first-order valence-electron chi connectivity index (χ1n) is 6.88. The van der Waals surface area contributed by atoms with Crippen molar-refractivity contribution in [3.63, 3.8) is 0 Å². The lowest BCUT2D eigenvalue weighted by Crippen LogP contribution is -2.38. The highest BCUT2D eigenvalue weighted by Gasteiger charge is 2.17. The first-order chi connectivity index (χ1) is 9.29. The molecule has 0 bridgehead atoms. The van der Waals surface area contributed by atoms with Crippen LogP contribution in [-0.4, -0.2) is 36.7 Å². The number of ether oxygens (including phenoxy) is 1. The number of amides is 1. The van der Waals surface area contributed by atoms with Gasteiger partial charge in [0.05, 0.1) is 0 Å². The first-order valence-corrected chi connectivity index (χ1v) is 6.88. The van der Waals surface area contributed by atoms with E-state index < -0.39 is 0 Å². The molecule has 5 nitrogen and oxygen atoms in total. The van der Waals surface area contributed by atoms with Gasteiger partial charge >= 0.3 is 0 Å². The molecule has 5 heteroatoms. The number of hydrogen-bond acceptors (Lipinski definition) is 4. The lowest BCUT2D eigenvalue weighted by Gasteiger charge is -2.23. The van der Waals surface area contributed by atoms with Gasteiger partial charge < -0.3 is 15.4 Å². The molecule has 0 atom stereocenters. The molecule has 1 saturated heterocycles. The average Bonchev–Trinajstić information content (AvgIpc) is 2.46. The fourth-order valence-electron chi connectivity index (χ4n) is 2.03. The third-order valence-corrected chi connectivity index (χ3v) is 3.13. The topological polar surface area (TPSA) is 63.2 Å². The van der Waals surface area contributed by atoms with Crippen LogP contribution in [-0.2, 0) is 4.74 Å². The zero-order valence-corrected chi connectivity index (χ0v) is 11.3. The summed E-state index contributed by atoms with van der Waals surface area (Å²) in [6, 6.07) is 3.76. The molecule has 0 saturated carbocycles. The van der Waals surface area contributed by atoms with Crippen LogP contribution in [0.25, 0.3) is 0 Å². The molecule has 1 amide bonds. The van der Waals surface area contributed by atoms with Gasteiger partial charge in [-0.05, 0) is 31.4 Å². The standard InChI is InChI=1S/C14H21N3O2/c1-2-6-15-13-10-11(3-7-16-13)14(18)17-12-4-8-19-9-5-12/h3,7,10,12H,2,4-6,8-9H2,1H3,(H,15,16)(H,17,18). The van der Waals surface area contributed by atoms with E-state index in [1.54, 1.807) is 18.3 Å². The second kappa shape index (κ2) is 7.09. The molecule has 0 radical (unpaired) electrons. The summed E-state index contributed by atoms with van der Waals surface area (Å²) in [6.45, 7) is 4.40. The Bertz CT molecular complexity index is 417. The Kier molecular flexibility index (Phi) is 5.15. The summed E-state index contributed by atoms with van der Waals surface area (Å²) in [6.07, 6.45) is 4.46. The van der Waals surface area contributed by atoms with Gasteiger partial charge in [0.15, 0.2) is 0 Å². The highest BCUT2D eigenvalue weighted by atomic mass is 16.5. The smallest absolute Gasteiger partial charge is 0.251 e. The first kappa shape index (κ1) is 13.8. The minimum atomic E-state index is -0.0335. The molecule has 1 aromatic heterocycles. The molecule has 19 heavy (non-hydrogen) atoms. The minimum Gasteiger partial charge on any atom is -0.381 e. The second-order valence-corrected chi connectivity index (χ2v) is 4.72. The lowest BCUT2D eigenvalue weighted by molar-refractivity contribution is 0.0696. The van der Waals surface area contributed by atoms with Crippen LogP contribution in [0.5, 0.6) is 0 Å². The summed E-state index contributed by atoms with van der Waals surface area (Å²) < 4.78 is 5.28. The zero-order chi connectivity index (χ0) is 13.5. The minimum absolute atomic E-state index is 0.0335. The van der Waals surface area contributed by atoms with Gasteiger partial charge in [-0.1, -0.05) is 6.92 Å². The monoisotopic (exact) mass is 263 g/mol. The van der Waals surface area contributed by atoms with Gasteiger partial charge in [-0.25, -0.2) is 4.98 Å². The van der Waals surface area contributed by atoms with E-state index in [0.717, 1.165) is 44.8 Å². The van der Waals surface area contributed by atoms with E-state index in [4.69, 9.17) is 4.74 Å². The molecule has 0 spiro atoms. The van der Waals surface area contributed by atoms with Gasteiger partial charge in [0.1, 0.15) is 5.82 Å². The van der Waals surface area contributed by atoms with Crippen molar-refractivity contribution in [3.05, 3.63) is 23.9 Å². The lowest BCUT2D eigenvalue weighted by atomic mass is 10.1. The summed E-state index contributed by atoms with van der Waals surface area (Å²) in [4.78, 5) is 16.3. The summed E-state index contributed by atoms with van der Waals surface area (Å²) in [5.41, 5.74) is 0.653. The molecular weight excluding hydrogens is 242 g/mol. The highest BCUT2D eigenvalue weighted by molar-refractivity contribution is 5.94. The number of hydrogen-bond donors (Lipinski definition) is 2. The van der Waals surface area contributed by atoms with Gasteiger partial charge in [0.2, 0.25) is 0 Å². The summed E-state index contributed by atoms with van der Waals surface area (Å²) >= 11 is 0. The van der Waals surface area contributed by atoms with E-state index in [0.29, 0.717) is 5.56 Å². The number of aromatic nitrogens is 1. The van der Waals surface area contributed by atoms with Crippen molar-refractivity contribution in [2.45, 2.75) is 32.2 Å². The van der Waals surface area contributed by atoms with Crippen molar-refractivity contribution >= 4 is 11.7 Å². The molecule has 0 unspecified atom stereocenters. The van der Waals surface area contributed by atoms with Crippen LogP contribution >= 0.6 is 0 Å². The third-order valence-electron chi connectivity index (χ3n) is 3.13. The Morgan fingerprint density at radius 1 is 1.47 bits per heavy atom. The van der Waals surface area contributed by atoms with Crippen molar-refractivity contribution in [1.29, 1.82) is 0 Å². The van der Waals surface area contributed by atoms with Crippen molar-refractivity contribution in [2.24, 2.45) is 0 Å². The number of carbonyl (C=O) groups is 1. The van der Waals surface area contributed by atoms with E-state index in [-0.39, 0.29) is 11.9 Å². The molecule has 1 fully saturated rings. The summed E-state index contributed by atoms with van der Waals surface area (Å²) in [5.74, 6) is 0.718. The predicted molar refractivity (Wildman–Crippen MR) is 74.3 cm³/mol. The van der Waals surface area contributed by atoms with Crippen molar-refractivity contribution in [2.75, 3.05) is 25.1 Å². The van der Waals surface area contributed by atoms with Crippen molar-refractivity contribution in [3.8, 4) is 0 Å². The second-order valence-electron chi connectivity index (χ2n) is 4.72. The number of rotatable bonds is 5. The Balaban J connectivity index is 1.93. The van der Waals surface area contributed by atoms with Gasteiger partial charge in [-0.3, -0.25) is 4.79 Å². The fraction of sp³-hybridized carbons (Fsp3) is 0.571. The van der Waals surface area contributed by atoms with Crippen molar-refractivity contribution in [1.82, 2.24) is 10.3 Å². The van der Waals surface area contributed by atoms with Crippen molar-refractivity contribution < 1.29 is 9.53 Å². The number of nitrogens with one attached hydrogen (secondary N) is 2. The van der Waals surface area contributed by atoms with Crippen LogP contribution in [0.15, 0.2) is 18.3 Å². The molecule has 2 N–H and O–H groups in total. The maximum absolute atomic E-state index is 12.1. The molecule has 1 aliphatic rings. The van der Waals surface area contributed by atoms with E-state index in [9.17, 15) is 4.79 Å². The summed E-state index contributed by atoms with van der Waals surface area (Å²) in [5, 5.41) is 6.23. The molecule has 0 aromatic carbocycles. The Morgan fingerprint density at radius 2 is 2.26 bits per heavy atom. The van der Waals surface area contributed by atoms with Gasteiger partial charge in [0, 0.05) is 37.6 Å². The van der Waals surface area contributed by atoms with Gasteiger partial charge in [-0.2, -0.15) is 0 Å². The largest absolute Gasteiger partial charge is 0.381 e. The molecule has 2 rings (SSSR count). The van der Waals surface area contributed by atoms with E-state index >= 15 is 0 Å². The normalized spacial score (nSPS) is 16.1. The molecule has 1 aromatic rings. The molecule has 2 heterocycles. The van der Waals surface area contributed by atoms with Crippen LogP contribution < -0.4 is 10.6 Å².